The highest BCUT2D eigenvalue weighted by atomic mass is 32.2. The van der Waals surface area contributed by atoms with Crippen LogP contribution in [0.5, 0.6) is 0 Å². The van der Waals surface area contributed by atoms with Crippen molar-refractivity contribution in [3.05, 3.63) is 70.2 Å². The van der Waals surface area contributed by atoms with Gasteiger partial charge in [0, 0.05) is 30.0 Å². The molecule has 1 saturated heterocycles. The van der Waals surface area contributed by atoms with Crippen LogP contribution in [0, 0.1) is 18.7 Å². The number of amidine groups is 1. The lowest BCUT2D eigenvalue weighted by Crippen LogP contribution is -2.42. The number of aromatic nitrogens is 3. The van der Waals surface area contributed by atoms with Gasteiger partial charge < -0.3 is 10.2 Å². The highest BCUT2D eigenvalue weighted by Crippen LogP contribution is 2.47. The van der Waals surface area contributed by atoms with E-state index in [1.165, 1.54) is 11.5 Å². The number of hydrogen-bond acceptors (Lipinski definition) is 8. The zero-order valence-corrected chi connectivity index (χ0v) is 20.8. The molecular formula is C24H25FN6OS2. The van der Waals surface area contributed by atoms with E-state index in [0.29, 0.717) is 41.2 Å². The lowest BCUT2D eigenvalue weighted by Gasteiger charge is -2.33. The van der Waals surface area contributed by atoms with Crippen LogP contribution < -0.4 is 10.2 Å². The Morgan fingerprint density at radius 2 is 2.03 bits per heavy atom. The Hall–Kier alpha value is -2.85. The quantitative estimate of drug-likeness (QED) is 0.578. The monoisotopic (exact) mass is 496 g/mol. The van der Waals surface area contributed by atoms with Crippen LogP contribution in [0.4, 0.5) is 10.3 Å². The third-order valence-corrected chi connectivity index (χ3v) is 8.20. The maximum atomic E-state index is 14.6. The molecule has 7 nitrogen and oxygen atoms in total. The number of benzene rings is 1. The Balaban J connectivity index is 1.49. The van der Waals surface area contributed by atoms with Gasteiger partial charge in [-0.1, -0.05) is 43.8 Å². The molecule has 34 heavy (non-hydrogen) atoms. The van der Waals surface area contributed by atoms with Gasteiger partial charge in [0.05, 0.1) is 22.8 Å². The number of rotatable bonds is 4. The van der Waals surface area contributed by atoms with Gasteiger partial charge in [0.2, 0.25) is 5.95 Å². The number of halogens is 1. The SMILES string of the molecule is Cc1nc(N2C[C@H]3CSC(NC(=O)c4ccccc4)=N[C@@]3(c3ccns3)C2)nc(C(C)C)c1F. The van der Waals surface area contributed by atoms with Crippen LogP contribution in [0.3, 0.4) is 0 Å². The Kier molecular flexibility index (Phi) is 6.11. The van der Waals surface area contributed by atoms with Crippen molar-refractivity contribution in [2.75, 3.05) is 23.7 Å². The summed E-state index contributed by atoms with van der Waals surface area (Å²) in [6.07, 6.45) is 1.78. The second kappa shape index (κ2) is 9.07. The molecular weight excluding hydrogens is 471 g/mol. The summed E-state index contributed by atoms with van der Waals surface area (Å²) in [5.74, 6) is 0.905. The number of hydrogen-bond donors (Lipinski definition) is 1. The van der Waals surface area contributed by atoms with Crippen molar-refractivity contribution < 1.29 is 9.18 Å². The average molecular weight is 497 g/mol. The lowest BCUT2D eigenvalue weighted by molar-refractivity contribution is 0.0977. The second-order valence-corrected chi connectivity index (χ2v) is 10.7. The topological polar surface area (TPSA) is 83.4 Å². The first-order valence-corrected chi connectivity index (χ1v) is 12.9. The summed E-state index contributed by atoms with van der Waals surface area (Å²) < 4.78 is 18.9. The first-order valence-electron chi connectivity index (χ1n) is 11.2. The number of nitrogens with one attached hydrogen (secondary N) is 1. The standard InChI is InChI=1S/C24H25FN6OS2/c1-14(2)20-19(25)15(3)27-22(28-20)31-11-17-12-33-23(29-21(32)16-7-5-4-6-8-16)30-24(17,13-31)18-9-10-26-34-18/h4-10,14,17H,11-13H2,1-3H3,(H,29,30,32)/t17-,24-/m0/s1. The summed E-state index contributed by atoms with van der Waals surface area (Å²) >= 11 is 2.96. The summed E-state index contributed by atoms with van der Waals surface area (Å²) in [6, 6.07) is 11.1. The van der Waals surface area contributed by atoms with Crippen LogP contribution in [0.2, 0.25) is 0 Å². The summed E-state index contributed by atoms with van der Waals surface area (Å²) in [4.78, 5) is 30.1. The number of aryl methyl sites for hydroxylation is 1. The van der Waals surface area contributed by atoms with E-state index in [9.17, 15) is 9.18 Å². The van der Waals surface area contributed by atoms with Crippen molar-refractivity contribution in [2.24, 2.45) is 10.9 Å². The molecule has 0 radical (unpaired) electrons. The maximum Gasteiger partial charge on any atom is 0.257 e. The Morgan fingerprint density at radius 1 is 1.24 bits per heavy atom. The predicted octanol–water partition coefficient (Wildman–Crippen LogP) is 4.37. The molecule has 2 aromatic heterocycles. The smallest absolute Gasteiger partial charge is 0.257 e. The highest BCUT2D eigenvalue weighted by Gasteiger charge is 2.52. The molecule has 5 rings (SSSR count). The van der Waals surface area contributed by atoms with E-state index in [1.807, 2.05) is 38.1 Å². The largest absolute Gasteiger partial charge is 0.338 e. The average Bonchev–Trinajstić information content (AvgIpc) is 3.50. The number of carbonyl (C=O) groups excluding carboxylic acids is 1. The Morgan fingerprint density at radius 3 is 2.74 bits per heavy atom. The van der Waals surface area contributed by atoms with Gasteiger partial charge in [0.25, 0.3) is 5.91 Å². The fourth-order valence-corrected chi connectivity index (χ4v) is 6.38. The molecule has 1 amide bonds. The molecule has 0 spiro atoms. The van der Waals surface area contributed by atoms with Gasteiger partial charge in [0.15, 0.2) is 11.0 Å². The molecule has 176 valence electrons. The zero-order valence-electron chi connectivity index (χ0n) is 19.2. The molecule has 0 bridgehead atoms. The van der Waals surface area contributed by atoms with Gasteiger partial charge >= 0.3 is 0 Å². The van der Waals surface area contributed by atoms with Gasteiger partial charge in [0.1, 0.15) is 5.54 Å². The van der Waals surface area contributed by atoms with Crippen LogP contribution in [-0.2, 0) is 5.54 Å². The number of fused-ring (bicyclic) bond motifs is 1. The molecule has 4 heterocycles. The van der Waals surface area contributed by atoms with E-state index in [0.717, 1.165) is 10.6 Å². The van der Waals surface area contributed by atoms with Crippen molar-refractivity contribution >= 4 is 40.3 Å². The fourth-order valence-electron chi connectivity index (χ4n) is 4.45. The normalized spacial score (nSPS) is 22.0. The van der Waals surface area contributed by atoms with Crippen LogP contribution in [0.25, 0.3) is 0 Å². The van der Waals surface area contributed by atoms with Crippen LogP contribution in [0.1, 0.15) is 46.4 Å². The number of carbonyl (C=O) groups is 1. The van der Waals surface area contributed by atoms with Crippen molar-refractivity contribution in [2.45, 2.75) is 32.2 Å². The molecule has 2 aliphatic rings. The van der Waals surface area contributed by atoms with Crippen LogP contribution in [0.15, 0.2) is 47.6 Å². The van der Waals surface area contributed by atoms with Crippen LogP contribution >= 0.6 is 23.3 Å². The number of thioether (sulfide) groups is 1. The first-order chi connectivity index (χ1) is 16.4. The van der Waals surface area contributed by atoms with Crippen molar-refractivity contribution in [3.8, 4) is 0 Å². The maximum absolute atomic E-state index is 14.6. The van der Waals surface area contributed by atoms with Gasteiger partial charge in [-0.2, -0.15) is 0 Å². The molecule has 0 aliphatic carbocycles. The van der Waals surface area contributed by atoms with Gasteiger partial charge in [-0.15, -0.1) is 0 Å². The molecule has 1 aromatic carbocycles. The molecule has 1 N–H and O–H groups in total. The number of anilines is 1. The molecule has 3 aromatic rings. The van der Waals surface area contributed by atoms with E-state index in [-0.39, 0.29) is 23.6 Å². The third-order valence-electron chi connectivity index (χ3n) is 6.25. The first kappa shape index (κ1) is 22.9. The second-order valence-electron chi connectivity index (χ2n) is 8.89. The van der Waals surface area contributed by atoms with E-state index in [2.05, 4.69) is 24.6 Å². The van der Waals surface area contributed by atoms with E-state index in [1.54, 1.807) is 37.0 Å². The van der Waals surface area contributed by atoms with Gasteiger partial charge in [-0.3, -0.25) is 4.79 Å². The number of aliphatic imine (C=N–C) groups is 1. The Bertz CT molecular complexity index is 1230. The third kappa shape index (κ3) is 4.09. The molecule has 2 atom stereocenters. The van der Waals surface area contributed by atoms with E-state index in [4.69, 9.17) is 4.99 Å². The minimum absolute atomic E-state index is 0.0471. The van der Waals surface area contributed by atoms with E-state index < -0.39 is 5.54 Å². The minimum atomic E-state index is -0.574. The van der Waals surface area contributed by atoms with Crippen molar-refractivity contribution in [3.63, 3.8) is 0 Å². The fraction of sp³-hybridized carbons (Fsp3) is 0.375. The minimum Gasteiger partial charge on any atom is -0.338 e. The molecule has 1 fully saturated rings. The summed E-state index contributed by atoms with van der Waals surface area (Å²) in [6.45, 7) is 6.77. The van der Waals surface area contributed by atoms with Crippen molar-refractivity contribution in [1.82, 2.24) is 19.7 Å². The van der Waals surface area contributed by atoms with Crippen molar-refractivity contribution in [1.29, 1.82) is 0 Å². The number of amides is 1. The number of nitrogens with zero attached hydrogens (tertiary/aromatic N) is 5. The summed E-state index contributed by atoms with van der Waals surface area (Å²) in [5.41, 5.74) is 0.793. The summed E-state index contributed by atoms with van der Waals surface area (Å²) in [7, 11) is 0. The van der Waals surface area contributed by atoms with Gasteiger partial charge in [-0.05, 0) is 42.6 Å². The molecule has 2 aliphatic heterocycles. The Labute approximate surface area is 206 Å². The highest BCUT2D eigenvalue weighted by molar-refractivity contribution is 8.13. The molecule has 10 heteroatoms. The van der Waals surface area contributed by atoms with E-state index >= 15 is 0 Å². The zero-order chi connectivity index (χ0) is 23.9. The lowest BCUT2D eigenvalue weighted by atomic mass is 9.87. The summed E-state index contributed by atoms with van der Waals surface area (Å²) in [5, 5.41) is 3.59. The van der Waals surface area contributed by atoms with Gasteiger partial charge in [-0.25, -0.2) is 23.7 Å². The van der Waals surface area contributed by atoms with Crippen LogP contribution in [-0.4, -0.2) is 44.3 Å². The molecule has 0 unspecified atom stereocenters. The molecule has 0 saturated carbocycles. The predicted molar refractivity (Wildman–Crippen MR) is 134 cm³/mol.